The van der Waals surface area contributed by atoms with Gasteiger partial charge in [-0.15, -0.1) is 0 Å². The van der Waals surface area contributed by atoms with E-state index in [2.05, 4.69) is 0 Å². The molecule has 0 bridgehead atoms. The second-order valence-electron chi connectivity index (χ2n) is 3.23. The van der Waals surface area contributed by atoms with E-state index in [1.54, 1.807) is 6.92 Å². The standard InChI is InChI=1S/C9H14N2O4S/c1-2-10(3-4-12)7(13)5-11-8(14)6-16-9(11)15/h12H,2-6H2,1H3. The van der Waals surface area contributed by atoms with Gasteiger partial charge in [0.1, 0.15) is 6.54 Å². The van der Waals surface area contributed by atoms with E-state index >= 15 is 0 Å². The molecular weight excluding hydrogens is 232 g/mol. The number of carbonyl (C=O) groups is 3. The van der Waals surface area contributed by atoms with E-state index < -0.39 is 0 Å². The number of nitrogens with zero attached hydrogens (tertiary/aromatic N) is 2. The molecule has 0 saturated carbocycles. The van der Waals surface area contributed by atoms with Crippen LogP contribution in [0.25, 0.3) is 0 Å². The molecule has 16 heavy (non-hydrogen) atoms. The first-order chi connectivity index (χ1) is 7.60. The van der Waals surface area contributed by atoms with Crippen molar-refractivity contribution in [2.45, 2.75) is 6.92 Å². The molecule has 1 saturated heterocycles. The van der Waals surface area contributed by atoms with Gasteiger partial charge in [-0.1, -0.05) is 11.8 Å². The summed E-state index contributed by atoms with van der Waals surface area (Å²) in [7, 11) is 0. The van der Waals surface area contributed by atoms with Crippen LogP contribution in [0.3, 0.4) is 0 Å². The molecule has 1 N–H and O–H groups in total. The number of aliphatic hydroxyl groups excluding tert-OH is 1. The number of likely N-dealkylation sites (N-methyl/N-ethyl adjacent to an activating group) is 1. The van der Waals surface area contributed by atoms with Crippen molar-refractivity contribution in [3.63, 3.8) is 0 Å². The second-order valence-corrected chi connectivity index (χ2v) is 4.16. The van der Waals surface area contributed by atoms with Crippen molar-refractivity contribution >= 4 is 28.8 Å². The number of thioether (sulfide) groups is 1. The van der Waals surface area contributed by atoms with Crippen LogP contribution in [0, 0.1) is 0 Å². The van der Waals surface area contributed by atoms with Crippen LogP contribution in [0.5, 0.6) is 0 Å². The van der Waals surface area contributed by atoms with Crippen molar-refractivity contribution in [3.05, 3.63) is 0 Å². The van der Waals surface area contributed by atoms with Crippen LogP contribution >= 0.6 is 11.8 Å². The maximum Gasteiger partial charge on any atom is 0.289 e. The molecule has 0 unspecified atom stereocenters. The van der Waals surface area contributed by atoms with E-state index in [9.17, 15) is 14.4 Å². The third kappa shape index (κ3) is 2.96. The number of hydrogen-bond acceptors (Lipinski definition) is 5. The highest BCUT2D eigenvalue weighted by atomic mass is 32.2. The highest BCUT2D eigenvalue weighted by Gasteiger charge is 2.32. The lowest BCUT2D eigenvalue weighted by atomic mass is 10.4. The molecule has 1 fully saturated rings. The summed E-state index contributed by atoms with van der Waals surface area (Å²) in [5, 5.41) is 8.36. The summed E-state index contributed by atoms with van der Waals surface area (Å²) in [6.45, 7) is 2.09. The second kappa shape index (κ2) is 5.86. The zero-order valence-corrected chi connectivity index (χ0v) is 9.83. The molecular formula is C9H14N2O4S. The van der Waals surface area contributed by atoms with Crippen LogP contribution in [0.2, 0.25) is 0 Å². The van der Waals surface area contributed by atoms with Crippen molar-refractivity contribution in [3.8, 4) is 0 Å². The number of hydrogen-bond donors (Lipinski definition) is 1. The van der Waals surface area contributed by atoms with E-state index in [-0.39, 0.29) is 42.5 Å². The van der Waals surface area contributed by atoms with Crippen molar-refractivity contribution in [2.75, 3.05) is 32.0 Å². The summed E-state index contributed by atoms with van der Waals surface area (Å²) in [4.78, 5) is 36.5. The third-order valence-electron chi connectivity index (χ3n) is 2.24. The van der Waals surface area contributed by atoms with Crippen LogP contribution in [0.15, 0.2) is 0 Å². The lowest BCUT2D eigenvalue weighted by molar-refractivity contribution is -0.136. The lowest BCUT2D eigenvalue weighted by Gasteiger charge is -2.22. The molecule has 90 valence electrons. The fraction of sp³-hybridized carbons (Fsp3) is 0.667. The van der Waals surface area contributed by atoms with Crippen LogP contribution in [0.1, 0.15) is 6.92 Å². The van der Waals surface area contributed by atoms with E-state index in [1.165, 1.54) is 4.90 Å². The molecule has 0 aromatic rings. The SMILES string of the molecule is CCN(CCO)C(=O)CN1C(=O)CSC1=O. The Kier molecular flexibility index (Phi) is 4.75. The summed E-state index contributed by atoms with van der Waals surface area (Å²) >= 11 is 0.905. The number of imide groups is 1. The number of amides is 3. The summed E-state index contributed by atoms with van der Waals surface area (Å²) in [5.74, 6) is -0.540. The Balaban J connectivity index is 2.55. The van der Waals surface area contributed by atoms with Crippen molar-refractivity contribution < 1.29 is 19.5 Å². The maximum absolute atomic E-state index is 11.7. The van der Waals surface area contributed by atoms with E-state index in [0.717, 1.165) is 16.7 Å². The highest BCUT2D eigenvalue weighted by molar-refractivity contribution is 8.14. The lowest BCUT2D eigenvalue weighted by Crippen LogP contribution is -2.43. The molecule has 0 aromatic carbocycles. The Morgan fingerprint density at radius 1 is 1.56 bits per heavy atom. The topological polar surface area (TPSA) is 77.9 Å². The van der Waals surface area contributed by atoms with Crippen LogP contribution in [-0.2, 0) is 9.59 Å². The zero-order valence-electron chi connectivity index (χ0n) is 9.01. The molecule has 7 heteroatoms. The van der Waals surface area contributed by atoms with E-state index in [1.807, 2.05) is 0 Å². The van der Waals surface area contributed by atoms with Crippen LogP contribution in [0.4, 0.5) is 4.79 Å². The zero-order chi connectivity index (χ0) is 12.1. The first-order valence-corrected chi connectivity index (χ1v) is 5.94. The molecule has 0 atom stereocenters. The molecule has 1 aliphatic heterocycles. The number of carbonyl (C=O) groups excluding carboxylic acids is 3. The molecule has 0 radical (unpaired) electrons. The minimum Gasteiger partial charge on any atom is -0.395 e. The van der Waals surface area contributed by atoms with Gasteiger partial charge in [-0.2, -0.15) is 0 Å². The van der Waals surface area contributed by atoms with E-state index in [4.69, 9.17) is 5.11 Å². The Morgan fingerprint density at radius 3 is 2.69 bits per heavy atom. The average molecular weight is 246 g/mol. The largest absolute Gasteiger partial charge is 0.395 e. The first kappa shape index (κ1) is 13.0. The van der Waals surface area contributed by atoms with Gasteiger partial charge in [-0.05, 0) is 6.92 Å². The molecule has 6 nitrogen and oxygen atoms in total. The molecule has 0 aromatic heterocycles. The van der Waals surface area contributed by atoms with Gasteiger partial charge >= 0.3 is 0 Å². The molecule has 3 amide bonds. The van der Waals surface area contributed by atoms with Crippen molar-refractivity contribution in [1.82, 2.24) is 9.80 Å². The summed E-state index contributed by atoms with van der Waals surface area (Å²) in [6, 6.07) is 0. The van der Waals surface area contributed by atoms with Gasteiger partial charge in [0.25, 0.3) is 5.24 Å². The molecule has 0 spiro atoms. The van der Waals surface area contributed by atoms with Gasteiger partial charge in [-0.3, -0.25) is 19.3 Å². The van der Waals surface area contributed by atoms with E-state index in [0.29, 0.717) is 6.54 Å². The molecule has 1 rings (SSSR count). The smallest absolute Gasteiger partial charge is 0.289 e. The molecule has 1 aliphatic rings. The average Bonchev–Trinajstić information content (AvgIpc) is 2.57. The quantitative estimate of drug-likeness (QED) is 0.709. The van der Waals surface area contributed by atoms with Crippen LogP contribution < -0.4 is 0 Å². The Bertz CT molecular complexity index is 292. The van der Waals surface area contributed by atoms with Gasteiger partial charge in [0.05, 0.1) is 12.4 Å². The van der Waals surface area contributed by atoms with Crippen molar-refractivity contribution in [1.29, 1.82) is 0 Å². The Morgan fingerprint density at radius 2 is 2.25 bits per heavy atom. The first-order valence-electron chi connectivity index (χ1n) is 4.96. The van der Waals surface area contributed by atoms with Gasteiger partial charge in [0.15, 0.2) is 0 Å². The minimum absolute atomic E-state index is 0.109. The number of rotatable bonds is 5. The van der Waals surface area contributed by atoms with Gasteiger partial charge in [-0.25, -0.2) is 0 Å². The minimum atomic E-state index is -0.376. The van der Waals surface area contributed by atoms with Gasteiger partial charge in [0, 0.05) is 13.1 Å². The Hall–Kier alpha value is -1.08. The normalized spacial score (nSPS) is 15.8. The van der Waals surface area contributed by atoms with Gasteiger partial charge < -0.3 is 10.0 Å². The fourth-order valence-electron chi connectivity index (χ4n) is 1.35. The number of aliphatic hydroxyl groups is 1. The summed E-state index contributed by atoms with van der Waals surface area (Å²) < 4.78 is 0. The highest BCUT2D eigenvalue weighted by Crippen LogP contribution is 2.18. The Labute approximate surface area is 97.6 Å². The van der Waals surface area contributed by atoms with Crippen LogP contribution in [-0.4, -0.2) is 64.0 Å². The van der Waals surface area contributed by atoms with Gasteiger partial charge in [0.2, 0.25) is 11.8 Å². The summed E-state index contributed by atoms with van der Waals surface area (Å²) in [6.07, 6.45) is 0. The molecule has 1 heterocycles. The maximum atomic E-state index is 11.7. The fourth-order valence-corrected chi connectivity index (χ4v) is 2.07. The predicted octanol–water partition coefficient (Wildman–Crippen LogP) is -0.477. The summed E-state index contributed by atoms with van der Waals surface area (Å²) in [5.41, 5.74) is 0. The third-order valence-corrected chi connectivity index (χ3v) is 3.10. The molecule has 0 aliphatic carbocycles. The monoisotopic (exact) mass is 246 g/mol. The van der Waals surface area contributed by atoms with Crippen molar-refractivity contribution in [2.24, 2.45) is 0 Å². The predicted molar refractivity (Wildman–Crippen MR) is 58.9 cm³/mol.